The second-order valence-corrected chi connectivity index (χ2v) is 4.73. The van der Waals surface area contributed by atoms with Gasteiger partial charge < -0.3 is 10.5 Å². The first kappa shape index (κ1) is 12.5. The van der Waals surface area contributed by atoms with Crippen molar-refractivity contribution >= 4 is 11.7 Å². The number of ether oxygens (including phenoxy) is 1. The second kappa shape index (κ2) is 5.01. The summed E-state index contributed by atoms with van der Waals surface area (Å²) >= 11 is 0. The molecule has 90 valence electrons. The minimum atomic E-state index is -0.410. The van der Waals surface area contributed by atoms with Crippen molar-refractivity contribution in [3.8, 4) is 0 Å². The van der Waals surface area contributed by atoms with Gasteiger partial charge in [-0.05, 0) is 27.2 Å². The van der Waals surface area contributed by atoms with E-state index in [0.717, 1.165) is 0 Å². The Bertz CT molecular complexity index is 352. The van der Waals surface area contributed by atoms with Crippen LogP contribution in [0.4, 0.5) is 5.69 Å². The minimum absolute atomic E-state index is 0.173. The van der Waals surface area contributed by atoms with Crippen LogP contribution in [0.3, 0.4) is 0 Å². The lowest BCUT2D eigenvalue weighted by molar-refractivity contribution is -0.154. The maximum absolute atomic E-state index is 11.4. The van der Waals surface area contributed by atoms with Gasteiger partial charge in [-0.2, -0.15) is 5.10 Å². The van der Waals surface area contributed by atoms with E-state index in [1.54, 1.807) is 17.1 Å². The van der Waals surface area contributed by atoms with Gasteiger partial charge in [0.15, 0.2) is 0 Å². The molecule has 0 aliphatic carbocycles. The quantitative estimate of drug-likeness (QED) is 0.790. The number of esters is 1. The maximum Gasteiger partial charge on any atom is 0.306 e. The summed E-state index contributed by atoms with van der Waals surface area (Å²) < 4.78 is 6.91. The summed E-state index contributed by atoms with van der Waals surface area (Å²) in [5.41, 5.74) is 5.75. The highest BCUT2D eigenvalue weighted by molar-refractivity contribution is 5.69. The van der Waals surface area contributed by atoms with Crippen LogP contribution in [0.2, 0.25) is 0 Å². The lowest BCUT2D eigenvalue weighted by Gasteiger charge is -2.19. The van der Waals surface area contributed by atoms with E-state index in [9.17, 15) is 4.79 Å². The molecule has 0 saturated carbocycles. The Morgan fingerprint density at radius 2 is 2.25 bits per heavy atom. The van der Waals surface area contributed by atoms with Crippen LogP contribution in [0.25, 0.3) is 0 Å². The summed E-state index contributed by atoms with van der Waals surface area (Å²) in [6.45, 7) is 6.26. The second-order valence-electron chi connectivity index (χ2n) is 4.73. The molecule has 0 fully saturated rings. The Morgan fingerprint density at radius 3 is 2.75 bits per heavy atom. The third kappa shape index (κ3) is 4.82. The van der Waals surface area contributed by atoms with Gasteiger partial charge in [0.05, 0.1) is 11.9 Å². The van der Waals surface area contributed by atoms with E-state index in [-0.39, 0.29) is 5.97 Å². The summed E-state index contributed by atoms with van der Waals surface area (Å²) in [5.74, 6) is -0.173. The average Bonchev–Trinajstić information content (AvgIpc) is 2.48. The molecule has 0 aliphatic rings. The summed E-state index contributed by atoms with van der Waals surface area (Å²) in [5, 5.41) is 4.03. The number of rotatable bonds is 4. The van der Waals surface area contributed by atoms with Crippen LogP contribution in [0, 0.1) is 0 Å². The number of nitrogens with zero attached hydrogens (tertiary/aromatic N) is 2. The van der Waals surface area contributed by atoms with Gasteiger partial charge in [-0.25, -0.2) is 0 Å². The number of nitrogens with two attached hydrogens (primary N) is 1. The zero-order valence-electron chi connectivity index (χ0n) is 10.1. The molecule has 0 saturated heterocycles. The van der Waals surface area contributed by atoms with Gasteiger partial charge in [0.2, 0.25) is 0 Å². The van der Waals surface area contributed by atoms with Gasteiger partial charge in [0, 0.05) is 19.2 Å². The molecular formula is C11H19N3O2. The molecule has 0 bridgehead atoms. The molecule has 5 heteroatoms. The fraction of sp³-hybridized carbons (Fsp3) is 0.636. The highest BCUT2D eigenvalue weighted by Gasteiger charge is 2.15. The zero-order valence-corrected chi connectivity index (χ0v) is 10.1. The molecule has 0 aliphatic heterocycles. The normalized spacial score (nSPS) is 11.4. The van der Waals surface area contributed by atoms with Gasteiger partial charge in [0.25, 0.3) is 0 Å². The van der Waals surface area contributed by atoms with Crippen LogP contribution >= 0.6 is 0 Å². The van der Waals surface area contributed by atoms with Gasteiger partial charge in [-0.15, -0.1) is 0 Å². The highest BCUT2D eigenvalue weighted by atomic mass is 16.6. The third-order valence-electron chi connectivity index (χ3n) is 1.84. The van der Waals surface area contributed by atoms with Crippen molar-refractivity contribution in [3.63, 3.8) is 0 Å². The van der Waals surface area contributed by atoms with Crippen molar-refractivity contribution in [2.45, 2.75) is 45.8 Å². The first-order valence-electron chi connectivity index (χ1n) is 5.36. The van der Waals surface area contributed by atoms with Crippen LogP contribution in [0.15, 0.2) is 12.4 Å². The minimum Gasteiger partial charge on any atom is -0.460 e. The first-order valence-corrected chi connectivity index (χ1v) is 5.36. The van der Waals surface area contributed by atoms with Crippen molar-refractivity contribution in [2.75, 3.05) is 5.73 Å². The van der Waals surface area contributed by atoms with Crippen molar-refractivity contribution in [3.05, 3.63) is 12.4 Å². The molecule has 0 spiro atoms. The Morgan fingerprint density at radius 1 is 1.56 bits per heavy atom. The predicted octanol–water partition coefficient (Wildman–Crippen LogP) is 1.59. The van der Waals surface area contributed by atoms with Gasteiger partial charge in [-0.1, -0.05) is 0 Å². The lowest BCUT2D eigenvalue weighted by Crippen LogP contribution is -2.23. The molecule has 1 rings (SSSR count). The topological polar surface area (TPSA) is 70.1 Å². The lowest BCUT2D eigenvalue weighted by atomic mass is 10.2. The molecule has 1 heterocycles. The average molecular weight is 225 g/mol. The van der Waals surface area contributed by atoms with Crippen molar-refractivity contribution in [1.29, 1.82) is 0 Å². The van der Waals surface area contributed by atoms with Crippen LogP contribution < -0.4 is 5.73 Å². The zero-order chi connectivity index (χ0) is 12.2. The van der Waals surface area contributed by atoms with Gasteiger partial charge in [0.1, 0.15) is 5.60 Å². The fourth-order valence-electron chi connectivity index (χ4n) is 1.28. The molecule has 0 amide bonds. The molecule has 0 atom stereocenters. The standard InChI is InChI=1S/C11H19N3O2/c1-11(2,3)16-10(15)5-4-6-14-8-9(12)7-13-14/h7-8H,4-6,12H2,1-3H3. The van der Waals surface area contributed by atoms with E-state index in [2.05, 4.69) is 5.10 Å². The number of aromatic nitrogens is 2. The van der Waals surface area contributed by atoms with Gasteiger partial charge in [-0.3, -0.25) is 9.48 Å². The molecule has 0 radical (unpaired) electrons. The number of carbonyl (C=O) groups excluding carboxylic acids is 1. The summed E-state index contributed by atoms with van der Waals surface area (Å²) in [7, 11) is 0. The Balaban J connectivity index is 2.23. The number of carbonyl (C=O) groups is 1. The molecule has 2 N–H and O–H groups in total. The van der Waals surface area contributed by atoms with E-state index in [1.165, 1.54) is 0 Å². The number of anilines is 1. The van der Waals surface area contributed by atoms with E-state index in [0.29, 0.717) is 25.1 Å². The van der Waals surface area contributed by atoms with Crippen LogP contribution in [0.5, 0.6) is 0 Å². The van der Waals surface area contributed by atoms with E-state index in [1.807, 2.05) is 20.8 Å². The van der Waals surface area contributed by atoms with Crippen LogP contribution in [0.1, 0.15) is 33.6 Å². The third-order valence-corrected chi connectivity index (χ3v) is 1.84. The number of hydrogen-bond acceptors (Lipinski definition) is 4. The largest absolute Gasteiger partial charge is 0.460 e. The first-order chi connectivity index (χ1) is 7.37. The number of nitrogen functional groups attached to an aromatic ring is 1. The van der Waals surface area contributed by atoms with Crippen LogP contribution in [-0.4, -0.2) is 21.4 Å². The molecule has 5 nitrogen and oxygen atoms in total. The fourth-order valence-corrected chi connectivity index (χ4v) is 1.28. The van der Waals surface area contributed by atoms with Crippen LogP contribution in [-0.2, 0) is 16.1 Å². The molecular weight excluding hydrogens is 206 g/mol. The molecule has 1 aromatic heterocycles. The smallest absolute Gasteiger partial charge is 0.306 e. The Kier molecular flexibility index (Phi) is 3.93. The van der Waals surface area contributed by atoms with E-state index < -0.39 is 5.60 Å². The molecule has 0 aromatic carbocycles. The molecule has 0 unspecified atom stereocenters. The SMILES string of the molecule is CC(C)(C)OC(=O)CCCn1cc(N)cn1. The Hall–Kier alpha value is -1.52. The van der Waals surface area contributed by atoms with Crippen molar-refractivity contribution in [2.24, 2.45) is 0 Å². The number of aryl methyl sites for hydroxylation is 1. The highest BCUT2D eigenvalue weighted by Crippen LogP contribution is 2.09. The Labute approximate surface area is 95.6 Å². The summed E-state index contributed by atoms with van der Waals surface area (Å²) in [6.07, 6.45) is 4.44. The molecule has 16 heavy (non-hydrogen) atoms. The van der Waals surface area contributed by atoms with E-state index in [4.69, 9.17) is 10.5 Å². The van der Waals surface area contributed by atoms with E-state index >= 15 is 0 Å². The summed E-state index contributed by atoms with van der Waals surface area (Å²) in [6, 6.07) is 0. The van der Waals surface area contributed by atoms with Gasteiger partial charge >= 0.3 is 5.97 Å². The van der Waals surface area contributed by atoms with Crippen molar-refractivity contribution in [1.82, 2.24) is 9.78 Å². The van der Waals surface area contributed by atoms with Crippen molar-refractivity contribution < 1.29 is 9.53 Å². The predicted molar refractivity (Wildman–Crippen MR) is 61.7 cm³/mol. The molecule has 1 aromatic rings. The number of hydrogen-bond donors (Lipinski definition) is 1. The summed E-state index contributed by atoms with van der Waals surface area (Å²) in [4.78, 5) is 11.4. The monoisotopic (exact) mass is 225 g/mol. The maximum atomic E-state index is 11.4.